The maximum atomic E-state index is 12.5. The van der Waals surface area contributed by atoms with Crippen LogP contribution in [0.25, 0.3) is 0 Å². The Morgan fingerprint density at radius 2 is 2.03 bits per heavy atom. The van der Waals surface area contributed by atoms with E-state index >= 15 is 0 Å². The van der Waals surface area contributed by atoms with Crippen LogP contribution in [0.15, 0.2) is 66.5 Å². The lowest BCUT2D eigenvalue weighted by molar-refractivity contribution is -0.153. The number of aromatic nitrogens is 1. The summed E-state index contributed by atoms with van der Waals surface area (Å²) in [6.07, 6.45) is 2.79. The predicted octanol–water partition coefficient (Wildman–Crippen LogP) is 4.18. The van der Waals surface area contributed by atoms with Gasteiger partial charge in [0.2, 0.25) is 0 Å². The van der Waals surface area contributed by atoms with Crippen LogP contribution in [0.4, 0.5) is 24.5 Å². The zero-order valence-electron chi connectivity index (χ0n) is 18.3. The van der Waals surface area contributed by atoms with Crippen LogP contribution < -0.4 is 15.0 Å². The molecule has 2 N–H and O–H groups in total. The molecule has 7 nitrogen and oxygen atoms in total. The maximum Gasteiger partial charge on any atom is 0.422 e. The van der Waals surface area contributed by atoms with Gasteiger partial charge < -0.3 is 20.1 Å². The molecule has 1 aromatic carbocycles. The van der Waals surface area contributed by atoms with Crippen molar-refractivity contribution in [2.75, 3.05) is 23.9 Å². The fraction of sp³-hybridized carbons (Fsp3) is 0.292. The van der Waals surface area contributed by atoms with E-state index in [0.717, 1.165) is 12.8 Å². The van der Waals surface area contributed by atoms with Crippen LogP contribution in [-0.4, -0.2) is 42.1 Å². The van der Waals surface area contributed by atoms with Crippen molar-refractivity contribution in [2.45, 2.75) is 25.1 Å². The third-order valence-electron chi connectivity index (χ3n) is 5.03. The number of pyridine rings is 1. The van der Waals surface area contributed by atoms with E-state index in [1.165, 1.54) is 35.5 Å². The van der Waals surface area contributed by atoms with Crippen LogP contribution >= 0.6 is 0 Å². The van der Waals surface area contributed by atoms with Crippen molar-refractivity contribution in [3.63, 3.8) is 0 Å². The largest absolute Gasteiger partial charge is 0.482 e. The smallest absolute Gasteiger partial charge is 0.422 e. The lowest BCUT2D eigenvalue weighted by Crippen LogP contribution is -2.20. The molecule has 1 unspecified atom stereocenters. The number of anilines is 2. The van der Waals surface area contributed by atoms with Crippen LogP contribution in [0.3, 0.4) is 0 Å². The predicted molar refractivity (Wildman–Crippen MR) is 120 cm³/mol. The molecule has 0 saturated heterocycles. The van der Waals surface area contributed by atoms with E-state index in [1.54, 1.807) is 37.4 Å². The second-order valence-electron chi connectivity index (χ2n) is 7.77. The molecule has 1 aliphatic rings. The number of hydrogen-bond donors (Lipinski definition) is 2. The van der Waals surface area contributed by atoms with Crippen molar-refractivity contribution < 1.29 is 32.6 Å². The Morgan fingerprint density at radius 1 is 1.29 bits per heavy atom. The van der Waals surface area contributed by atoms with Gasteiger partial charge in [-0.15, -0.1) is 0 Å². The normalized spacial score (nSPS) is 15.1. The number of alkyl halides is 3. The van der Waals surface area contributed by atoms with E-state index < -0.39 is 24.8 Å². The Bertz CT molecular complexity index is 1060. The number of hydrogen-bond acceptors (Lipinski definition) is 6. The van der Waals surface area contributed by atoms with Gasteiger partial charge in [0.25, 0.3) is 5.91 Å². The summed E-state index contributed by atoms with van der Waals surface area (Å²) in [4.78, 5) is 29.4. The first-order valence-corrected chi connectivity index (χ1v) is 10.5. The fourth-order valence-corrected chi connectivity index (χ4v) is 3.07. The van der Waals surface area contributed by atoms with E-state index in [-0.39, 0.29) is 17.2 Å². The summed E-state index contributed by atoms with van der Waals surface area (Å²) in [6, 6.07) is 9.39. The number of rotatable bonds is 10. The van der Waals surface area contributed by atoms with Crippen LogP contribution in [0.1, 0.15) is 24.6 Å². The number of benzene rings is 1. The van der Waals surface area contributed by atoms with Gasteiger partial charge >= 0.3 is 6.18 Å². The summed E-state index contributed by atoms with van der Waals surface area (Å²) >= 11 is 0. The Morgan fingerprint density at radius 3 is 2.65 bits per heavy atom. The summed E-state index contributed by atoms with van der Waals surface area (Å²) in [6.45, 7) is -1.42. The average molecular weight is 475 g/mol. The molecule has 1 atom stereocenters. The van der Waals surface area contributed by atoms with E-state index in [9.17, 15) is 27.9 Å². The first kappa shape index (κ1) is 25.0. The first-order valence-electron chi connectivity index (χ1n) is 10.5. The zero-order chi connectivity index (χ0) is 24.7. The molecular formula is C24H24F3N3O4. The van der Waals surface area contributed by atoms with Gasteiger partial charge in [-0.3, -0.25) is 14.6 Å². The fourth-order valence-electron chi connectivity index (χ4n) is 3.07. The van der Waals surface area contributed by atoms with Gasteiger partial charge in [0.15, 0.2) is 12.9 Å². The van der Waals surface area contributed by atoms with Gasteiger partial charge in [-0.05, 0) is 55.2 Å². The molecule has 10 heteroatoms. The summed E-state index contributed by atoms with van der Waals surface area (Å²) < 4.78 is 42.3. The van der Waals surface area contributed by atoms with Crippen LogP contribution in [0.5, 0.6) is 5.75 Å². The molecular weight excluding hydrogens is 451 g/mol. The number of halogens is 3. The van der Waals surface area contributed by atoms with E-state index in [2.05, 4.69) is 10.3 Å². The Labute approximate surface area is 194 Å². The molecule has 180 valence electrons. The third kappa shape index (κ3) is 7.17. The molecule has 0 radical (unpaired) electrons. The highest BCUT2D eigenvalue weighted by Gasteiger charge is 2.31. The number of aldehydes is 1. The van der Waals surface area contributed by atoms with E-state index in [1.807, 2.05) is 0 Å². The first-order chi connectivity index (χ1) is 16.2. The third-order valence-corrected chi connectivity index (χ3v) is 5.03. The molecule has 1 heterocycles. The van der Waals surface area contributed by atoms with Gasteiger partial charge in [-0.2, -0.15) is 13.2 Å². The number of carbonyl (C=O) groups excluding carboxylic acids is 2. The number of ether oxygens (including phenoxy) is 1. The minimum Gasteiger partial charge on any atom is -0.482 e. The number of para-hydroxylation sites is 2. The van der Waals surface area contributed by atoms with Crippen molar-refractivity contribution in [1.29, 1.82) is 0 Å². The lowest BCUT2D eigenvalue weighted by atomic mass is 10.1. The van der Waals surface area contributed by atoms with Gasteiger partial charge in [-0.25, -0.2) is 0 Å². The Hall–Kier alpha value is -3.66. The van der Waals surface area contributed by atoms with Crippen LogP contribution in [0.2, 0.25) is 0 Å². The monoisotopic (exact) mass is 475 g/mol. The molecule has 1 aromatic heterocycles. The number of allylic oxidation sites excluding steroid dienone is 2. The second-order valence-corrected chi connectivity index (χ2v) is 7.77. The van der Waals surface area contributed by atoms with E-state index in [0.29, 0.717) is 23.4 Å². The van der Waals surface area contributed by atoms with E-state index in [4.69, 9.17) is 4.74 Å². The molecule has 1 saturated carbocycles. The van der Waals surface area contributed by atoms with Gasteiger partial charge in [-0.1, -0.05) is 12.1 Å². The van der Waals surface area contributed by atoms with Gasteiger partial charge in [0, 0.05) is 13.2 Å². The van der Waals surface area contributed by atoms with Crippen molar-refractivity contribution in [3.8, 4) is 5.75 Å². The number of nitrogens with one attached hydrogen (secondary N) is 1. The molecule has 1 fully saturated rings. The molecule has 1 amide bonds. The average Bonchev–Trinajstić information content (AvgIpc) is 3.65. The number of carbonyl (C=O) groups is 2. The topological polar surface area (TPSA) is 91.8 Å². The summed E-state index contributed by atoms with van der Waals surface area (Å²) in [5.74, 6) is -0.397. The quantitative estimate of drug-likeness (QED) is 0.176. The standard InChI is InChI=1S/C24H24F3N3O4/c1-30(20-6-2-3-7-21(20)34-15-24(25,26)27)12-4-5-17(14-31)23(33)29-18-10-11-19(28-13-18)22(32)16-8-9-16/h2-7,10-14,16,22,32H,8-9,15H2,1H3,(H,29,33)/b12-4-,17-5+. The Kier molecular flexibility index (Phi) is 8.06. The Balaban J connectivity index is 1.62. The molecule has 0 spiro atoms. The SMILES string of the molecule is CN(/C=C\C=C(/C=O)C(=O)Nc1ccc(C(O)C2CC2)nc1)c1ccccc1OCC(F)(F)F. The van der Waals surface area contributed by atoms with Gasteiger partial charge in [0.1, 0.15) is 5.75 Å². The lowest BCUT2D eigenvalue weighted by Gasteiger charge is -2.19. The maximum absolute atomic E-state index is 12.5. The second kappa shape index (κ2) is 11.0. The van der Waals surface area contributed by atoms with Crippen molar-refractivity contribution in [1.82, 2.24) is 4.98 Å². The number of nitrogens with zero attached hydrogens (tertiary/aromatic N) is 2. The molecule has 0 aliphatic heterocycles. The minimum absolute atomic E-state index is 0.0343. The van der Waals surface area contributed by atoms with Crippen molar-refractivity contribution in [3.05, 3.63) is 72.2 Å². The summed E-state index contributed by atoms with van der Waals surface area (Å²) in [7, 11) is 1.59. The summed E-state index contributed by atoms with van der Waals surface area (Å²) in [5, 5.41) is 12.6. The summed E-state index contributed by atoms with van der Waals surface area (Å²) in [5.41, 5.74) is 1.08. The zero-order valence-corrected chi connectivity index (χ0v) is 18.3. The molecule has 2 aromatic rings. The molecule has 34 heavy (non-hydrogen) atoms. The molecule has 0 bridgehead atoms. The van der Waals surface area contributed by atoms with Crippen LogP contribution in [-0.2, 0) is 9.59 Å². The number of aliphatic hydroxyl groups excluding tert-OH is 1. The molecule has 3 rings (SSSR count). The highest BCUT2D eigenvalue weighted by Crippen LogP contribution is 2.40. The highest BCUT2D eigenvalue weighted by atomic mass is 19.4. The number of aliphatic hydroxyl groups is 1. The van der Waals surface area contributed by atoms with Crippen LogP contribution in [0, 0.1) is 5.92 Å². The minimum atomic E-state index is -4.47. The number of amides is 1. The molecule has 1 aliphatic carbocycles. The highest BCUT2D eigenvalue weighted by molar-refractivity contribution is 6.16. The van der Waals surface area contributed by atoms with Gasteiger partial charge in [0.05, 0.1) is 34.9 Å². The van der Waals surface area contributed by atoms with Crippen molar-refractivity contribution in [2.24, 2.45) is 5.92 Å². The van der Waals surface area contributed by atoms with Crippen molar-refractivity contribution >= 4 is 23.6 Å².